The Hall–Kier alpha value is -3.45. The molecular weight excluding hydrogens is 461 g/mol. The minimum absolute atomic E-state index is 0.223. The van der Waals surface area contributed by atoms with Gasteiger partial charge in [0, 0.05) is 28.8 Å². The summed E-state index contributed by atoms with van der Waals surface area (Å²) in [5.74, 6) is 1.20. The van der Waals surface area contributed by atoms with E-state index in [4.69, 9.17) is 30.5 Å². The standard InChI is InChI=1S/C26H25ClFNO5/c1-31-17-10-16(11-18(13-17)32-2)26(30)29-9-8-15-12-22(33-3)23(34-4)14-19(15)25(29)24-20(27)6-5-7-21(24)28/h5-7,10-14,25H,8-9H2,1-4H3/t25-/m1/s1. The maximum atomic E-state index is 15.2. The summed E-state index contributed by atoms with van der Waals surface area (Å²) in [5.41, 5.74) is 2.23. The fourth-order valence-corrected chi connectivity index (χ4v) is 4.61. The van der Waals surface area contributed by atoms with Crippen LogP contribution in [0.15, 0.2) is 48.5 Å². The molecule has 8 heteroatoms. The van der Waals surface area contributed by atoms with E-state index in [2.05, 4.69) is 0 Å². The zero-order valence-corrected chi connectivity index (χ0v) is 20.1. The summed E-state index contributed by atoms with van der Waals surface area (Å²) in [7, 11) is 6.12. The van der Waals surface area contributed by atoms with E-state index in [1.807, 2.05) is 6.07 Å². The lowest BCUT2D eigenvalue weighted by molar-refractivity contribution is 0.0691. The lowest BCUT2D eigenvalue weighted by atomic mass is 9.86. The van der Waals surface area contributed by atoms with Crippen LogP contribution >= 0.6 is 11.6 Å². The van der Waals surface area contributed by atoms with E-state index in [0.717, 1.165) is 11.1 Å². The molecule has 1 amide bonds. The molecule has 0 saturated heterocycles. The SMILES string of the molecule is COc1cc(OC)cc(C(=O)N2CCc3cc(OC)c(OC)cc3[C@@H]2c2c(F)cccc2Cl)c1. The molecule has 1 aliphatic heterocycles. The molecule has 1 atom stereocenters. The van der Waals surface area contributed by atoms with Crippen molar-refractivity contribution in [2.75, 3.05) is 35.0 Å². The van der Waals surface area contributed by atoms with Crippen LogP contribution in [0.3, 0.4) is 0 Å². The Morgan fingerprint density at radius 3 is 2.18 bits per heavy atom. The van der Waals surface area contributed by atoms with Gasteiger partial charge in [0.1, 0.15) is 17.3 Å². The number of hydrogen-bond acceptors (Lipinski definition) is 5. The maximum Gasteiger partial charge on any atom is 0.254 e. The molecule has 0 fully saturated rings. The second-order valence-electron chi connectivity index (χ2n) is 7.79. The zero-order chi connectivity index (χ0) is 24.4. The molecule has 0 N–H and O–H groups in total. The molecule has 0 bridgehead atoms. The predicted octanol–water partition coefficient (Wildman–Crippen LogP) is 5.30. The third kappa shape index (κ3) is 4.23. The molecule has 178 valence electrons. The number of benzene rings is 3. The van der Waals surface area contributed by atoms with E-state index in [1.165, 1.54) is 27.4 Å². The smallest absolute Gasteiger partial charge is 0.254 e. The molecule has 0 aromatic heterocycles. The highest BCUT2D eigenvalue weighted by molar-refractivity contribution is 6.31. The van der Waals surface area contributed by atoms with Crippen molar-refractivity contribution in [3.05, 3.63) is 81.6 Å². The molecule has 6 nitrogen and oxygen atoms in total. The number of carbonyl (C=O) groups excluding carboxylic acids is 1. The van der Waals surface area contributed by atoms with E-state index in [1.54, 1.807) is 48.4 Å². The number of nitrogens with zero attached hydrogens (tertiary/aromatic N) is 1. The van der Waals surface area contributed by atoms with E-state index < -0.39 is 11.9 Å². The molecule has 34 heavy (non-hydrogen) atoms. The van der Waals surface area contributed by atoms with E-state index >= 15 is 4.39 Å². The lowest BCUT2D eigenvalue weighted by Crippen LogP contribution is -2.41. The van der Waals surface area contributed by atoms with Crippen molar-refractivity contribution in [1.29, 1.82) is 0 Å². The van der Waals surface area contributed by atoms with Gasteiger partial charge < -0.3 is 23.8 Å². The minimum atomic E-state index is -0.776. The second kappa shape index (κ2) is 9.81. The quantitative estimate of drug-likeness (QED) is 0.474. The van der Waals surface area contributed by atoms with Crippen LogP contribution in [-0.2, 0) is 6.42 Å². The summed E-state index contributed by atoms with van der Waals surface area (Å²) >= 11 is 6.50. The molecule has 3 aromatic rings. The average Bonchev–Trinajstić information content (AvgIpc) is 2.86. The van der Waals surface area contributed by atoms with Crippen LogP contribution in [0.2, 0.25) is 5.02 Å². The van der Waals surface area contributed by atoms with Gasteiger partial charge in [-0.2, -0.15) is 0 Å². The Labute approximate surface area is 202 Å². The van der Waals surface area contributed by atoms with E-state index in [0.29, 0.717) is 41.5 Å². The first-order valence-electron chi connectivity index (χ1n) is 10.6. The van der Waals surface area contributed by atoms with Crippen molar-refractivity contribution in [3.8, 4) is 23.0 Å². The zero-order valence-electron chi connectivity index (χ0n) is 19.4. The number of carbonyl (C=O) groups is 1. The number of ether oxygens (including phenoxy) is 4. The van der Waals surface area contributed by atoms with Crippen molar-refractivity contribution in [2.45, 2.75) is 12.5 Å². The molecule has 4 rings (SSSR count). The summed E-state index contributed by atoms with van der Waals surface area (Å²) in [4.78, 5) is 15.4. The van der Waals surface area contributed by atoms with Crippen LogP contribution in [0.25, 0.3) is 0 Å². The van der Waals surface area contributed by atoms with Gasteiger partial charge in [0.15, 0.2) is 11.5 Å². The fraction of sp³-hybridized carbons (Fsp3) is 0.269. The average molecular weight is 486 g/mol. The normalized spacial score (nSPS) is 14.9. The van der Waals surface area contributed by atoms with Crippen molar-refractivity contribution in [2.24, 2.45) is 0 Å². The number of methoxy groups -OCH3 is 4. The van der Waals surface area contributed by atoms with Crippen LogP contribution in [0.1, 0.15) is 33.1 Å². The van der Waals surface area contributed by atoms with Crippen LogP contribution < -0.4 is 18.9 Å². The lowest BCUT2D eigenvalue weighted by Gasteiger charge is -2.38. The minimum Gasteiger partial charge on any atom is -0.497 e. The Balaban J connectivity index is 1.91. The third-order valence-electron chi connectivity index (χ3n) is 6.01. The molecule has 0 spiro atoms. The van der Waals surface area contributed by atoms with Crippen LogP contribution in [0.5, 0.6) is 23.0 Å². The van der Waals surface area contributed by atoms with Crippen LogP contribution in [0.4, 0.5) is 4.39 Å². The highest BCUT2D eigenvalue weighted by atomic mass is 35.5. The Kier molecular flexibility index (Phi) is 6.84. The highest BCUT2D eigenvalue weighted by Gasteiger charge is 2.36. The topological polar surface area (TPSA) is 57.2 Å². The van der Waals surface area contributed by atoms with Crippen molar-refractivity contribution >= 4 is 17.5 Å². The van der Waals surface area contributed by atoms with E-state index in [-0.39, 0.29) is 16.5 Å². The Morgan fingerprint density at radius 1 is 0.941 bits per heavy atom. The number of hydrogen-bond donors (Lipinski definition) is 0. The monoisotopic (exact) mass is 485 g/mol. The molecular formula is C26H25ClFNO5. The molecule has 1 aliphatic rings. The van der Waals surface area contributed by atoms with Gasteiger partial charge in [0.25, 0.3) is 5.91 Å². The molecule has 0 unspecified atom stereocenters. The largest absolute Gasteiger partial charge is 0.497 e. The third-order valence-corrected chi connectivity index (χ3v) is 6.34. The molecule has 1 heterocycles. The number of rotatable bonds is 6. The summed E-state index contributed by atoms with van der Waals surface area (Å²) in [6.07, 6.45) is 0.547. The van der Waals surface area contributed by atoms with E-state index in [9.17, 15) is 4.79 Å². The Morgan fingerprint density at radius 2 is 1.59 bits per heavy atom. The predicted molar refractivity (Wildman–Crippen MR) is 127 cm³/mol. The first kappa shape index (κ1) is 23.7. The first-order chi connectivity index (χ1) is 16.4. The fourth-order valence-electron chi connectivity index (χ4n) is 4.34. The van der Waals surface area contributed by atoms with Gasteiger partial charge in [0.05, 0.1) is 34.5 Å². The second-order valence-corrected chi connectivity index (χ2v) is 8.20. The van der Waals surface area contributed by atoms with Crippen molar-refractivity contribution in [3.63, 3.8) is 0 Å². The number of halogens is 2. The summed E-state index contributed by atoms with van der Waals surface area (Å²) in [5, 5.41) is 0.230. The van der Waals surface area contributed by atoms with Gasteiger partial charge in [-0.25, -0.2) is 4.39 Å². The van der Waals surface area contributed by atoms with Crippen molar-refractivity contribution in [1.82, 2.24) is 4.90 Å². The summed E-state index contributed by atoms with van der Waals surface area (Å²) < 4.78 is 36.8. The molecule has 3 aromatic carbocycles. The maximum absolute atomic E-state index is 15.2. The molecule has 0 radical (unpaired) electrons. The van der Waals surface area contributed by atoms with Gasteiger partial charge in [-0.1, -0.05) is 17.7 Å². The summed E-state index contributed by atoms with van der Waals surface area (Å²) in [6, 6.07) is 12.3. The number of fused-ring (bicyclic) bond motifs is 1. The van der Waals surface area contributed by atoms with Gasteiger partial charge >= 0.3 is 0 Å². The highest BCUT2D eigenvalue weighted by Crippen LogP contribution is 2.44. The Bertz CT molecular complexity index is 1190. The van der Waals surface area contributed by atoms with Gasteiger partial charge in [0.2, 0.25) is 0 Å². The number of amides is 1. The van der Waals surface area contributed by atoms with Gasteiger partial charge in [-0.3, -0.25) is 4.79 Å². The van der Waals surface area contributed by atoms with Crippen molar-refractivity contribution < 1.29 is 28.1 Å². The van der Waals surface area contributed by atoms with Crippen LogP contribution in [-0.4, -0.2) is 45.8 Å². The van der Waals surface area contributed by atoms with Gasteiger partial charge in [-0.05, 0) is 53.9 Å². The molecule has 0 saturated carbocycles. The van der Waals surface area contributed by atoms with Gasteiger partial charge in [-0.15, -0.1) is 0 Å². The summed E-state index contributed by atoms with van der Waals surface area (Å²) in [6.45, 7) is 0.343. The van der Waals surface area contributed by atoms with Crippen LogP contribution in [0, 0.1) is 5.82 Å². The molecule has 0 aliphatic carbocycles. The first-order valence-corrected chi connectivity index (χ1v) is 11.0.